The molecule has 1 aromatic heterocycles. The summed E-state index contributed by atoms with van der Waals surface area (Å²) in [5.41, 5.74) is 5.38. The van der Waals surface area contributed by atoms with Gasteiger partial charge in [0.1, 0.15) is 0 Å². The Morgan fingerprint density at radius 3 is 2.61 bits per heavy atom. The lowest BCUT2D eigenvalue weighted by Gasteiger charge is -2.42. The monoisotopic (exact) mass is 424 g/mol. The number of fused-ring (bicyclic) bond motifs is 1. The number of anilines is 1. The minimum Gasteiger partial charge on any atom is -0.394 e. The summed E-state index contributed by atoms with van der Waals surface area (Å²) >= 11 is 0. The molecule has 2 aromatic rings. The van der Waals surface area contributed by atoms with E-state index in [9.17, 15) is 5.11 Å². The van der Waals surface area contributed by atoms with Crippen molar-refractivity contribution in [3.8, 4) is 11.3 Å². The van der Waals surface area contributed by atoms with E-state index >= 15 is 0 Å². The van der Waals surface area contributed by atoms with Gasteiger partial charge in [0.05, 0.1) is 18.4 Å². The highest BCUT2D eigenvalue weighted by Gasteiger charge is 2.37. The third-order valence-corrected chi connectivity index (χ3v) is 7.12. The van der Waals surface area contributed by atoms with Crippen molar-refractivity contribution in [3.05, 3.63) is 41.6 Å². The van der Waals surface area contributed by atoms with Crippen LogP contribution < -0.4 is 10.2 Å². The Bertz CT molecular complexity index is 927. The molecule has 0 radical (unpaired) electrons. The molecule has 4 rings (SSSR count). The van der Waals surface area contributed by atoms with E-state index in [1.807, 2.05) is 12.3 Å². The zero-order valence-electron chi connectivity index (χ0n) is 19.2. The summed E-state index contributed by atoms with van der Waals surface area (Å²) in [6.45, 7) is 11.2. The van der Waals surface area contributed by atoms with Crippen molar-refractivity contribution >= 4 is 5.95 Å². The molecular formula is C25H36N4O2. The van der Waals surface area contributed by atoms with E-state index < -0.39 is 6.10 Å². The average molecular weight is 425 g/mol. The summed E-state index contributed by atoms with van der Waals surface area (Å²) in [6.07, 6.45) is 4.50. The summed E-state index contributed by atoms with van der Waals surface area (Å²) in [5.74, 6) is 0.752. The van der Waals surface area contributed by atoms with Crippen molar-refractivity contribution in [2.45, 2.75) is 69.9 Å². The normalized spacial score (nSPS) is 22.9. The Balaban J connectivity index is 1.54. The lowest BCUT2D eigenvalue weighted by Crippen LogP contribution is -2.38. The smallest absolute Gasteiger partial charge is 0.225 e. The molecule has 0 bridgehead atoms. The van der Waals surface area contributed by atoms with Crippen LogP contribution in [0.1, 0.15) is 58.1 Å². The fraction of sp³-hybridized carbons (Fsp3) is 0.600. The lowest BCUT2D eigenvalue weighted by molar-refractivity contribution is 0.0924. The van der Waals surface area contributed by atoms with Crippen LogP contribution in [0.25, 0.3) is 11.3 Å². The van der Waals surface area contributed by atoms with Crippen LogP contribution in [0, 0.1) is 0 Å². The molecule has 0 saturated carbocycles. The predicted octanol–water partition coefficient (Wildman–Crippen LogP) is 3.01. The largest absolute Gasteiger partial charge is 0.394 e. The van der Waals surface area contributed by atoms with Crippen LogP contribution in [0.15, 0.2) is 30.5 Å². The Hall–Kier alpha value is -2.02. The maximum Gasteiger partial charge on any atom is 0.225 e. The van der Waals surface area contributed by atoms with E-state index in [0.29, 0.717) is 6.54 Å². The van der Waals surface area contributed by atoms with E-state index in [0.717, 1.165) is 36.7 Å². The van der Waals surface area contributed by atoms with Crippen LogP contribution in [-0.4, -0.2) is 58.6 Å². The molecule has 31 heavy (non-hydrogen) atoms. The van der Waals surface area contributed by atoms with Crippen LogP contribution in [-0.2, 0) is 10.8 Å². The number of aromatic nitrogens is 2. The Labute approximate surface area is 185 Å². The van der Waals surface area contributed by atoms with Gasteiger partial charge in [-0.15, -0.1) is 0 Å². The second kappa shape index (κ2) is 8.49. The Morgan fingerprint density at radius 2 is 1.87 bits per heavy atom. The molecule has 1 unspecified atom stereocenters. The van der Waals surface area contributed by atoms with Crippen molar-refractivity contribution in [1.29, 1.82) is 0 Å². The second-order valence-electron chi connectivity index (χ2n) is 10.4. The Morgan fingerprint density at radius 1 is 1.13 bits per heavy atom. The maximum atomic E-state index is 9.57. The molecule has 1 aliphatic carbocycles. The topological polar surface area (TPSA) is 81.5 Å². The number of benzene rings is 1. The number of rotatable bonds is 6. The quantitative estimate of drug-likeness (QED) is 0.661. The van der Waals surface area contributed by atoms with Gasteiger partial charge in [0.2, 0.25) is 5.95 Å². The number of aliphatic hydroxyl groups excluding tert-OH is 2. The molecule has 0 spiro atoms. The van der Waals surface area contributed by atoms with Gasteiger partial charge in [-0.3, -0.25) is 0 Å². The summed E-state index contributed by atoms with van der Waals surface area (Å²) < 4.78 is 0. The first-order chi connectivity index (χ1) is 14.7. The molecule has 2 heterocycles. The van der Waals surface area contributed by atoms with Crippen molar-refractivity contribution in [2.24, 2.45) is 0 Å². The van der Waals surface area contributed by atoms with Gasteiger partial charge in [0.15, 0.2) is 0 Å². The highest BCUT2D eigenvalue weighted by molar-refractivity contribution is 5.64. The summed E-state index contributed by atoms with van der Waals surface area (Å²) in [4.78, 5) is 11.6. The second-order valence-corrected chi connectivity index (χ2v) is 10.4. The zero-order chi connectivity index (χ0) is 22.2. The SMILES string of the molecule is CC1(C)CCC(C)(C)c2cc(-c3ccnc(N4CCC(NC[C@H](O)CO)C4)n3)ccc21. The van der Waals surface area contributed by atoms with Gasteiger partial charge >= 0.3 is 0 Å². The number of aliphatic hydroxyl groups is 2. The fourth-order valence-corrected chi connectivity index (χ4v) is 4.89. The van der Waals surface area contributed by atoms with Gasteiger partial charge in [-0.1, -0.05) is 39.8 Å². The van der Waals surface area contributed by atoms with Crippen molar-refractivity contribution in [1.82, 2.24) is 15.3 Å². The van der Waals surface area contributed by atoms with Crippen LogP contribution >= 0.6 is 0 Å². The molecule has 1 saturated heterocycles. The molecule has 6 nitrogen and oxygen atoms in total. The van der Waals surface area contributed by atoms with Gasteiger partial charge in [0.25, 0.3) is 0 Å². The third-order valence-electron chi connectivity index (χ3n) is 7.12. The molecule has 168 valence electrons. The molecule has 0 amide bonds. The van der Waals surface area contributed by atoms with E-state index in [-0.39, 0.29) is 23.5 Å². The molecule has 2 atom stereocenters. The van der Waals surface area contributed by atoms with Crippen molar-refractivity contribution < 1.29 is 10.2 Å². The number of hydrogen-bond acceptors (Lipinski definition) is 6. The fourth-order valence-electron chi connectivity index (χ4n) is 4.89. The molecule has 3 N–H and O–H groups in total. The van der Waals surface area contributed by atoms with Gasteiger partial charge in [-0.05, 0) is 53.4 Å². The first-order valence-electron chi connectivity index (χ1n) is 11.5. The van der Waals surface area contributed by atoms with Crippen LogP contribution in [0.3, 0.4) is 0 Å². The van der Waals surface area contributed by atoms with Gasteiger partial charge in [-0.25, -0.2) is 9.97 Å². The highest BCUT2D eigenvalue weighted by atomic mass is 16.3. The number of nitrogens with zero attached hydrogens (tertiary/aromatic N) is 3. The molecular weight excluding hydrogens is 388 g/mol. The van der Waals surface area contributed by atoms with Gasteiger partial charge in [0, 0.05) is 37.4 Å². The Kier molecular flexibility index (Phi) is 6.08. The standard InChI is InChI=1S/C25H36N4O2/c1-24(2)9-10-25(3,4)21-13-17(5-6-20(21)24)22-7-11-26-23(28-22)29-12-8-18(15-29)27-14-19(31)16-30/h5-7,11,13,18-19,27,30-31H,8-10,12,14-16H2,1-4H3/t18?,19-/m0/s1. The summed E-state index contributed by atoms with van der Waals surface area (Å²) in [5, 5.41) is 21.9. The zero-order valence-corrected chi connectivity index (χ0v) is 19.2. The number of nitrogens with one attached hydrogen (secondary N) is 1. The first-order valence-corrected chi connectivity index (χ1v) is 11.5. The van der Waals surface area contributed by atoms with Crippen molar-refractivity contribution in [3.63, 3.8) is 0 Å². The minimum absolute atomic E-state index is 0.170. The van der Waals surface area contributed by atoms with Gasteiger partial charge < -0.3 is 20.4 Å². The van der Waals surface area contributed by atoms with Crippen molar-refractivity contribution in [2.75, 3.05) is 31.1 Å². The average Bonchev–Trinajstić information content (AvgIpc) is 3.24. The molecule has 6 heteroatoms. The third kappa shape index (κ3) is 4.61. The summed E-state index contributed by atoms with van der Waals surface area (Å²) in [7, 11) is 0. The summed E-state index contributed by atoms with van der Waals surface area (Å²) in [6, 6.07) is 9.11. The van der Waals surface area contributed by atoms with Crippen LogP contribution in [0.2, 0.25) is 0 Å². The van der Waals surface area contributed by atoms with E-state index in [4.69, 9.17) is 10.1 Å². The lowest BCUT2D eigenvalue weighted by atomic mass is 9.63. The maximum absolute atomic E-state index is 9.57. The van der Waals surface area contributed by atoms with Gasteiger partial charge in [-0.2, -0.15) is 0 Å². The van der Waals surface area contributed by atoms with Crippen LogP contribution in [0.5, 0.6) is 0 Å². The molecule has 1 aromatic carbocycles. The van der Waals surface area contributed by atoms with E-state index in [1.54, 1.807) is 0 Å². The molecule has 1 aliphatic heterocycles. The van der Waals surface area contributed by atoms with E-state index in [2.05, 4.69) is 61.1 Å². The molecule has 2 aliphatic rings. The highest BCUT2D eigenvalue weighted by Crippen LogP contribution is 2.46. The van der Waals surface area contributed by atoms with Crippen LogP contribution in [0.4, 0.5) is 5.95 Å². The van der Waals surface area contributed by atoms with E-state index in [1.165, 1.54) is 24.0 Å². The minimum atomic E-state index is -0.716. The molecule has 1 fully saturated rings. The predicted molar refractivity (Wildman–Crippen MR) is 124 cm³/mol. The number of hydrogen-bond donors (Lipinski definition) is 3. The first kappa shape index (κ1) is 22.2.